The van der Waals surface area contributed by atoms with Crippen LogP contribution in [-0.4, -0.2) is 99.6 Å². The van der Waals surface area contributed by atoms with Crippen molar-refractivity contribution in [1.82, 2.24) is 19.3 Å². The Morgan fingerprint density at radius 3 is 2.12 bits per heavy atom. The number of aliphatic hydroxyl groups excluding tert-OH is 1. The second-order valence-corrected chi connectivity index (χ2v) is 12.1. The summed E-state index contributed by atoms with van der Waals surface area (Å²) >= 11 is 0. The minimum Gasteiger partial charge on any atom is -0.462 e. The van der Waals surface area contributed by atoms with E-state index in [4.69, 9.17) is 9.26 Å². The van der Waals surface area contributed by atoms with Crippen LogP contribution in [0, 0.1) is 5.41 Å². The van der Waals surface area contributed by atoms with E-state index < -0.39 is 13.4 Å². The number of benzene rings is 1. The van der Waals surface area contributed by atoms with Crippen molar-refractivity contribution in [3.8, 4) is 0 Å². The third-order valence-electron chi connectivity index (χ3n) is 5.21. The number of carbonyl (C=O) groups excluding carboxylic acids is 2. The maximum atomic E-state index is 13.0. The van der Waals surface area contributed by atoms with Crippen LogP contribution in [0.1, 0.15) is 29.8 Å². The van der Waals surface area contributed by atoms with Gasteiger partial charge in [0.05, 0.1) is 24.2 Å². The molecule has 0 aromatic heterocycles. The SMILES string of the molecule is CCOC(=O)c1ccccc1CCNC(=O)C(C)(CO)CO[P+](N(C)C)(N(C)C)N(C)C. The zero-order chi connectivity index (χ0) is 24.5. The highest BCUT2D eigenvalue weighted by molar-refractivity contribution is 7.64. The summed E-state index contributed by atoms with van der Waals surface area (Å²) in [5, 5.41) is 12.9. The topological polar surface area (TPSA) is 94.6 Å². The summed E-state index contributed by atoms with van der Waals surface area (Å²) in [6.07, 6.45) is 0.465. The summed E-state index contributed by atoms with van der Waals surface area (Å²) in [6, 6.07) is 7.19. The minimum absolute atomic E-state index is 0.0526. The Kier molecular flexibility index (Phi) is 11.2. The van der Waals surface area contributed by atoms with E-state index >= 15 is 0 Å². The Bertz CT molecular complexity index is 738. The third-order valence-corrected chi connectivity index (χ3v) is 8.81. The zero-order valence-electron chi connectivity index (χ0n) is 20.7. The van der Waals surface area contributed by atoms with Crippen LogP contribution < -0.4 is 5.32 Å². The molecule has 0 heterocycles. The molecule has 0 aliphatic carbocycles. The summed E-state index contributed by atoms with van der Waals surface area (Å²) in [4.78, 5) is 25.1. The fraction of sp³-hybridized carbons (Fsp3) is 0.636. The molecule has 182 valence electrons. The predicted molar refractivity (Wildman–Crippen MR) is 128 cm³/mol. The standard InChI is InChI=1S/C22H39N4O5P/c1-9-30-20(28)19-13-11-10-12-18(19)14-15-23-21(29)22(2,16-27)17-31-32(24(3)4,25(5)6)26(7)8/h10-13,27H,9,14-17H2,1-8H3/p+1. The number of nitrogens with zero attached hydrogens (tertiary/aromatic N) is 3. The number of rotatable bonds is 13. The van der Waals surface area contributed by atoms with Gasteiger partial charge in [0.2, 0.25) is 5.91 Å². The number of amides is 1. The first kappa shape index (κ1) is 28.4. The van der Waals surface area contributed by atoms with E-state index in [-0.39, 0.29) is 25.1 Å². The largest absolute Gasteiger partial charge is 0.462 e. The highest BCUT2D eigenvalue weighted by atomic mass is 31.2. The molecule has 0 aliphatic heterocycles. The quantitative estimate of drug-likeness (QED) is 0.333. The first-order valence-corrected chi connectivity index (χ1v) is 12.2. The lowest BCUT2D eigenvalue weighted by Crippen LogP contribution is -2.47. The molecule has 0 radical (unpaired) electrons. The fourth-order valence-corrected chi connectivity index (χ4v) is 6.80. The van der Waals surface area contributed by atoms with Crippen molar-refractivity contribution in [3.05, 3.63) is 35.4 Å². The number of esters is 1. The van der Waals surface area contributed by atoms with Gasteiger partial charge < -0.3 is 15.2 Å². The molecule has 0 aliphatic rings. The molecule has 1 atom stereocenters. The Labute approximate surface area is 193 Å². The zero-order valence-corrected chi connectivity index (χ0v) is 21.6. The average Bonchev–Trinajstić information content (AvgIpc) is 2.73. The second-order valence-electron chi connectivity index (χ2n) is 8.43. The molecular weight excluding hydrogens is 431 g/mol. The average molecular weight is 472 g/mol. The molecule has 9 nitrogen and oxygen atoms in total. The monoisotopic (exact) mass is 471 g/mol. The van der Waals surface area contributed by atoms with E-state index in [1.54, 1.807) is 26.0 Å². The summed E-state index contributed by atoms with van der Waals surface area (Å²) in [7, 11) is 9.31. The van der Waals surface area contributed by atoms with Crippen molar-refractivity contribution in [2.75, 3.05) is 68.7 Å². The molecule has 1 unspecified atom stereocenters. The van der Waals surface area contributed by atoms with Crippen LogP contribution in [0.3, 0.4) is 0 Å². The van der Waals surface area contributed by atoms with Crippen LogP contribution in [0.2, 0.25) is 0 Å². The first-order chi connectivity index (χ1) is 15.0. The molecule has 10 heteroatoms. The van der Waals surface area contributed by atoms with Gasteiger partial charge in [0.25, 0.3) is 0 Å². The molecule has 0 spiro atoms. The summed E-state index contributed by atoms with van der Waals surface area (Å²) < 4.78 is 17.5. The fourth-order valence-electron chi connectivity index (χ4n) is 3.50. The maximum Gasteiger partial charge on any atom is 0.369 e. The summed E-state index contributed by atoms with van der Waals surface area (Å²) in [6.45, 7) is 3.77. The van der Waals surface area contributed by atoms with E-state index in [0.29, 0.717) is 25.1 Å². The van der Waals surface area contributed by atoms with E-state index in [9.17, 15) is 14.7 Å². The number of ether oxygens (including phenoxy) is 1. The van der Waals surface area contributed by atoms with Crippen LogP contribution in [0.15, 0.2) is 24.3 Å². The van der Waals surface area contributed by atoms with Crippen molar-refractivity contribution < 1.29 is 24.0 Å². The van der Waals surface area contributed by atoms with Gasteiger partial charge in [-0.15, -0.1) is 14.0 Å². The molecule has 0 bridgehead atoms. The Morgan fingerprint density at radius 1 is 1.06 bits per heavy atom. The second kappa shape index (κ2) is 12.6. The van der Waals surface area contributed by atoms with Gasteiger partial charge in [0, 0.05) is 48.8 Å². The lowest BCUT2D eigenvalue weighted by atomic mass is 9.92. The number of carbonyl (C=O) groups is 2. The van der Waals surface area contributed by atoms with Crippen molar-refractivity contribution in [2.24, 2.45) is 5.41 Å². The highest BCUT2D eigenvalue weighted by Gasteiger charge is 2.52. The van der Waals surface area contributed by atoms with E-state index in [2.05, 4.69) is 5.32 Å². The molecule has 2 N–H and O–H groups in total. The maximum absolute atomic E-state index is 13.0. The van der Waals surface area contributed by atoms with E-state index in [0.717, 1.165) is 5.56 Å². The molecule has 1 aromatic carbocycles. The van der Waals surface area contributed by atoms with Gasteiger partial charge >= 0.3 is 13.9 Å². The lowest BCUT2D eigenvalue weighted by molar-refractivity contribution is -0.134. The normalized spacial score (nSPS) is 14.0. The van der Waals surface area contributed by atoms with Crippen molar-refractivity contribution in [3.63, 3.8) is 0 Å². The third kappa shape index (κ3) is 6.70. The Hall–Kier alpha value is -1.61. The molecule has 0 fully saturated rings. The Morgan fingerprint density at radius 2 is 1.62 bits per heavy atom. The number of hydrogen-bond acceptors (Lipinski definition) is 8. The Balaban J connectivity index is 2.85. The van der Waals surface area contributed by atoms with Gasteiger partial charge in [-0.3, -0.25) is 4.79 Å². The van der Waals surface area contributed by atoms with Crippen LogP contribution in [-0.2, 0) is 20.5 Å². The van der Waals surface area contributed by atoms with Gasteiger partial charge in [-0.1, -0.05) is 18.2 Å². The van der Waals surface area contributed by atoms with Gasteiger partial charge in [0.15, 0.2) is 0 Å². The van der Waals surface area contributed by atoms with Crippen LogP contribution >= 0.6 is 7.94 Å². The van der Waals surface area contributed by atoms with Crippen LogP contribution in [0.5, 0.6) is 0 Å². The van der Waals surface area contributed by atoms with Gasteiger partial charge in [-0.05, 0) is 31.9 Å². The molecule has 32 heavy (non-hydrogen) atoms. The first-order valence-electron chi connectivity index (χ1n) is 10.7. The summed E-state index contributed by atoms with van der Waals surface area (Å²) in [5.74, 6) is -0.678. The number of aliphatic hydroxyl groups is 1. The molecule has 1 amide bonds. The molecule has 0 saturated carbocycles. The highest BCUT2D eigenvalue weighted by Crippen LogP contribution is 2.65. The molecule has 1 rings (SSSR count). The molecule has 0 saturated heterocycles. The van der Waals surface area contributed by atoms with Gasteiger partial charge in [0.1, 0.15) is 6.61 Å². The smallest absolute Gasteiger partial charge is 0.369 e. The predicted octanol–water partition coefficient (Wildman–Crippen LogP) is 1.90. The number of nitrogens with one attached hydrogen (secondary N) is 1. The molecule has 1 aromatic rings. The van der Waals surface area contributed by atoms with Crippen LogP contribution in [0.25, 0.3) is 0 Å². The van der Waals surface area contributed by atoms with E-state index in [1.165, 1.54) is 0 Å². The minimum atomic E-state index is -2.30. The van der Waals surface area contributed by atoms with Crippen LogP contribution in [0.4, 0.5) is 0 Å². The van der Waals surface area contributed by atoms with Gasteiger partial charge in [-0.2, -0.15) is 4.52 Å². The summed E-state index contributed by atoms with van der Waals surface area (Å²) in [5.41, 5.74) is 0.175. The lowest BCUT2D eigenvalue weighted by Gasteiger charge is -2.39. The van der Waals surface area contributed by atoms with Crippen molar-refractivity contribution >= 4 is 19.8 Å². The van der Waals surface area contributed by atoms with Gasteiger partial charge in [-0.25, -0.2) is 4.79 Å². The van der Waals surface area contributed by atoms with E-state index in [1.807, 2.05) is 68.4 Å². The molecular formula is C22H40N4O5P+. The van der Waals surface area contributed by atoms with Crippen molar-refractivity contribution in [1.29, 1.82) is 0 Å². The van der Waals surface area contributed by atoms with Crippen molar-refractivity contribution in [2.45, 2.75) is 20.3 Å². The number of hydrogen-bond donors (Lipinski definition) is 2.